The minimum Gasteiger partial charge on any atom is -0.373 e. The van der Waals surface area contributed by atoms with Crippen LogP contribution in [0.15, 0.2) is 54.7 Å². The number of likely N-dealkylation sites (N-methyl/N-ethyl adjacent to an activating group) is 1. The van der Waals surface area contributed by atoms with Crippen LogP contribution in [0.4, 0.5) is 0 Å². The molecule has 3 heteroatoms. The fraction of sp³-hybridized carbons (Fsp3) is 0.481. The summed E-state index contributed by atoms with van der Waals surface area (Å²) in [7, 11) is 2.52. The molecule has 1 aromatic heterocycles. The zero-order valence-corrected chi connectivity index (χ0v) is 21.2. The third kappa shape index (κ3) is 3.90. The van der Waals surface area contributed by atoms with Crippen molar-refractivity contribution >= 4 is 19.1 Å². The molecule has 0 amide bonds. The maximum absolute atomic E-state index is 2.79. The predicted octanol–water partition coefficient (Wildman–Crippen LogP) is 7.44. The largest absolute Gasteiger partial charge is 0.373 e. The van der Waals surface area contributed by atoms with Crippen LogP contribution in [0, 0.1) is 0 Å². The molecule has 0 N–H and O–H groups in total. The lowest BCUT2D eigenvalue weighted by molar-refractivity contribution is 0.414. The Labute approximate surface area is 185 Å². The highest BCUT2D eigenvalue weighted by Crippen LogP contribution is 2.46. The third-order valence-electron chi connectivity index (χ3n) is 7.01. The van der Waals surface area contributed by atoms with Crippen LogP contribution in [0.5, 0.6) is 0 Å². The van der Waals surface area contributed by atoms with Gasteiger partial charge in [0, 0.05) is 17.4 Å². The van der Waals surface area contributed by atoms with Gasteiger partial charge in [0.15, 0.2) is 8.24 Å². The number of aromatic nitrogens is 1. The van der Waals surface area contributed by atoms with E-state index in [4.69, 9.17) is 0 Å². The van der Waals surface area contributed by atoms with Gasteiger partial charge in [0.2, 0.25) is 0 Å². The van der Waals surface area contributed by atoms with Crippen molar-refractivity contribution in [2.45, 2.75) is 64.6 Å². The summed E-state index contributed by atoms with van der Waals surface area (Å²) in [4.78, 5) is 2.30. The Morgan fingerprint density at radius 3 is 1.93 bits per heavy atom. The van der Waals surface area contributed by atoms with E-state index in [0.717, 1.165) is 13.0 Å². The SMILES string of the molecule is CC(C)[Si](C(C)C)(C(C)C)n1cc(CCN(C)C)c2c(-c3ccccc3)cccc21. The lowest BCUT2D eigenvalue weighted by Crippen LogP contribution is -2.51. The van der Waals surface area contributed by atoms with Crippen molar-refractivity contribution in [1.82, 2.24) is 9.13 Å². The second-order valence-corrected chi connectivity index (χ2v) is 15.7. The molecular weight excluding hydrogens is 380 g/mol. The Balaban J connectivity index is 2.36. The minimum absolute atomic E-state index is 0.676. The molecule has 30 heavy (non-hydrogen) atoms. The standard InChI is InChI=1S/C27H40N2Si/c1-20(2)30(21(3)4,22(5)6)29-19-24(17-18-28(7)8)27-25(15-12-16-26(27)29)23-13-10-9-11-14-23/h9-16,19-22H,17-18H2,1-8H3. The first-order valence-corrected chi connectivity index (χ1v) is 13.7. The van der Waals surface area contributed by atoms with Gasteiger partial charge in [0.25, 0.3) is 0 Å². The predicted molar refractivity (Wildman–Crippen MR) is 136 cm³/mol. The Morgan fingerprint density at radius 2 is 1.40 bits per heavy atom. The van der Waals surface area contributed by atoms with E-state index in [2.05, 4.69) is 119 Å². The smallest absolute Gasteiger partial charge is 0.169 e. The number of rotatable bonds is 8. The molecule has 2 aromatic carbocycles. The van der Waals surface area contributed by atoms with E-state index in [1.54, 1.807) is 0 Å². The quantitative estimate of drug-likeness (QED) is 0.344. The lowest BCUT2D eigenvalue weighted by atomic mass is 9.98. The Morgan fingerprint density at radius 1 is 0.800 bits per heavy atom. The van der Waals surface area contributed by atoms with E-state index in [-0.39, 0.29) is 0 Å². The van der Waals surface area contributed by atoms with Crippen LogP contribution in [-0.2, 0) is 6.42 Å². The molecule has 0 saturated carbocycles. The molecule has 0 radical (unpaired) electrons. The van der Waals surface area contributed by atoms with Gasteiger partial charge in [0.1, 0.15) is 0 Å². The maximum Gasteiger partial charge on any atom is 0.169 e. The van der Waals surface area contributed by atoms with Gasteiger partial charge in [0.05, 0.1) is 0 Å². The van der Waals surface area contributed by atoms with Gasteiger partial charge in [-0.2, -0.15) is 0 Å². The highest BCUT2D eigenvalue weighted by Gasteiger charge is 2.46. The van der Waals surface area contributed by atoms with Crippen molar-refractivity contribution in [3.8, 4) is 11.1 Å². The molecule has 0 aliphatic rings. The number of nitrogens with zero attached hydrogens (tertiary/aromatic N) is 2. The van der Waals surface area contributed by atoms with Gasteiger partial charge in [-0.15, -0.1) is 0 Å². The first-order chi connectivity index (χ1) is 14.2. The van der Waals surface area contributed by atoms with E-state index in [1.807, 2.05) is 0 Å². The zero-order valence-electron chi connectivity index (χ0n) is 20.2. The Bertz CT molecular complexity index is 945. The van der Waals surface area contributed by atoms with Gasteiger partial charge >= 0.3 is 0 Å². The summed E-state index contributed by atoms with van der Waals surface area (Å²) >= 11 is 0. The second kappa shape index (κ2) is 9.11. The van der Waals surface area contributed by atoms with Crippen molar-refractivity contribution in [1.29, 1.82) is 0 Å². The molecule has 162 valence electrons. The first kappa shape index (κ1) is 22.8. The fourth-order valence-corrected chi connectivity index (χ4v) is 12.6. The van der Waals surface area contributed by atoms with Crippen molar-refractivity contribution in [2.75, 3.05) is 20.6 Å². The third-order valence-corrected chi connectivity index (χ3v) is 13.8. The summed E-state index contributed by atoms with van der Waals surface area (Å²) < 4.78 is 2.79. The number of fused-ring (bicyclic) bond motifs is 1. The molecular formula is C27H40N2Si. The highest BCUT2D eigenvalue weighted by molar-refractivity contribution is 6.82. The van der Waals surface area contributed by atoms with Gasteiger partial charge in [-0.05, 0) is 66.1 Å². The maximum atomic E-state index is 2.79. The molecule has 1 heterocycles. The Kier molecular flexibility index (Phi) is 6.94. The van der Waals surface area contributed by atoms with E-state index in [0.29, 0.717) is 16.6 Å². The molecule has 0 spiro atoms. The van der Waals surface area contributed by atoms with E-state index in [9.17, 15) is 0 Å². The summed E-state index contributed by atoms with van der Waals surface area (Å²) in [5.41, 5.74) is 7.66. The topological polar surface area (TPSA) is 8.17 Å². The molecule has 0 fully saturated rings. The summed E-state index contributed by atoms with van der Waals surface area (Å²) in [5.74, 6) is 0. The molecule has 0 aliphatic heterocycles. The normalized spacial score (nSPS) is 12.8. The van der Waals surface area contributed by atoms with Gasteiger partial charge in [-0.25, -0.2) is 0 Å². The monoisotopic (exact) mass is 420 g/mol. The number of benzene rings is 2. The molecule has 3 rings (SSSR count). The molecule has 0 atom stereocenters. The molecule has 3 aromatic rings. The number of hydrogen-bond acceptors (Lipinski definition) is 1. The van der Waals surface area contributed by atoms with Crippen molar-refractivity contribution in [3.63, 3.8) is 0 Å². The van der Waals surface area contributed by atoms with Crippen molar-refractivity contribution < 1.29 is 0 Å². The van der Waals surface area contributed by atoms with Gasteiger partial charge < -0.3 is 9.13 Å². The average Bonchev–Trinajstić information content (AvgIpc) is 3.06. The molecule has 0 aliphatic carbocycles. The summed E-state index contributed by atoms with van der Waals surface area (Å²) in [6, 6.07) is 17.9. The van der Waals surface area contributed by atoms with E-state index in [1.165, 1.54) is 27.6 Å². The van der Waals surface area contributed by atoms with Crippen molar-refractivity contribution in [2.24, 2.45) is 0 Å². The van der Waals surface area contributed by atoms with Crippen LogP contribution in [0.3, 0.4) is 0 Å². The minimum atomic E-state index is -1.82. The Hall–Kier alpha value is -1.84. The summed E-state index contributed by atoms with van der Waals surface area (Å²) in [5, 5.41) is 1.46. The van der Waals surface area contributed by atoms with E-state index < -0.39 is 8.24 Å². The van der Waals surface area contributed by atoms with Crippen LogP contribution in [0.2, 0.25) is 16.6 Å². The zero-order chi connectivity index (χ0) is 22.1. The lowest BCUT2D eigenvalue weighted by Gasteiger charge is -2.44. The van der Waals surface area contributed by atoms with Crippen LogP contribution in [0.25, 0.3) is 22.0 Å². The molecule has 0 unspecified atom stereocenters. The molecule has 0 bridgehead atoms. The van der Waals surface area contributed by atoms with Crippen LogP contribution >= 0.6 is 0 Å². The molecule has 0 saturated heterocycles. The van der Waals surface area contributed by atoms with Crippen LogP contribution in [0.1, 0.15) is 47.1 Å². The van der Waals surface area contributed by atoms with Crippen LogP contribution in [-0.4, -0.2) is 38.0 Å². The first-order valence-electron chi connectivity index (χ1n) is 11.5. The highest BCUT2D eigenvalue weighted by atomic mass is 28.3. The van der Waals surface area contributed by atoms with Crippen molar-refractivity contribution in [3.05, 3.63) is 60.3 Å². The van der Waals surface area contributed by atoms with Crippen LogP contribution < -0.4 is 0 Å². The molecule has 2 nitrogen and oxygen atoms in total. The summed E-state index contributed by atoms with van der Waals surface area (Å²) in [6.07, 6.45) is 3.63. The summed E-state index contributed by atoms with van der Waals surface area (Å²) in [6.45, 7) is 15.8. The second-order valence-electron chi connectivity index (χ2n) is 9.99. The van der Waals surface area contributed by atoms with Gasteiger partial charge in [-0.1, -0.05) is 84.0 Å². The van der Waals surface area contributed by atoms with Gasteiger partial charge in [-0.3, -0.25) is 0 Å². The fourth-order valence-electron chi connectivity index (χ4n) is 5.92. The number of hydrogen-bond donors (Lipinski definition) is 0. The average molecular weight is 421 g/mol. The van der Waals surface area contributed by atoms with E-state index >= 15 is 0 Å².